The number of anilines is 2. The van der Waals surface area contributed by atoms with Gasteiger partial charge < -0.3 is 20.1 Å². The van der Waals surface area contributed by atoms with Gasteiger partial charge in [0.2, 0.25) is 0 Å². The molecule has 0 aromatic heterocycles. The van der Waals surface area contributed by atoms with Crippen LogP contribution in [0.15, 0.2) is 12.1 Å². The van der Waals surface area contributed by atoms with Gasteiger partial charge in [-0.05, 0) is 12.8 Å². The summed E-state index contributed by atoms with van der Waals surface area (Å²) in [4.78, 5) is 2.15. The maximum absolute atomic E-state index is 13.5. The first-order chi connectivity index (χ1) is 8.65. The molecule has 1 aromatic carbocycles. The van der Waals surface area contributed by atoms with Gasteiger partial charge in [-0.1, -0.05) is 0 Å². The Morgan fingerprint density at radius 2 is 1.94 bits per heavy atom. The molecule has 1 aromatic rings. The smallest absolute Gasteiger partial charge is 0.167 e. The van der Waals surface area contributed by atoms with Crippen LogP contribution in [-0.2, 0) is 4.74 Å². The Labute approximate surface area is 106 Å². The Balaban J connectivity index is 2.18. The van der Waals surface area contributed by atoms with E-state index in [2.05, 4.69) is 4.90 Å². The molecular weight excluding hydrogens is 235 g/mol. The third kappa shape index (κ3) is 2.51. The van der Waals surface area contributed by atoms with Crippen LogP contribution in [0.5, 0.6) is 5.75 Å². The Hall–Kier alpha value is -1.49. The number of rotatable bonds is 3. The maximum Gasteiger partial charge on any atom is 0.167 e. The molecule has 0 atom stereocenters. The topological polar surface area (TPSA) is 47.7 Å². The molecule has 1 saturated heterocycles. The summed E-state index contributed by atoms with van der Waals surface area (Å²) in [5.74, 6) is -0.196. The number of nitrogens with two attached hydrogens (primary N) is 1. The third-order valence-corrected chi connectivity index (χ3v) is 3.42. The Kier molecular flexibility index (Phi) is 3.91. The number of ether oxygens (including phenoxy) is 2. The highest BCUT2D eigenvalue weighted by Crippen LogP contribution is 2.32. The molecule has 5 heteroatoms. The lowest BCUT2D eigenvalue weighted by atomic mass is 10.1. The molecule has 2 N–H and O–H groups in total. The fourth-order valence-corrected chi connectivity index (χ4v) is 2.32. The Morgan fingerprint density at radius 1 is 1.28 bits per heavy atom. The van der Waals surface area contributed by atoms with Gasteiger partial charge in [-0.2, -0.15) is 0 Å². The summed E-state index contributed by atoms with van der Waals surface area (Å²) in [5, 5.41) is 0. The molecule has 1 heterocycles. The first kappa shape index (κ1) is 13.0. The quantitative estimate of drug-likeness (QED) is 0.838. The number of hydrogen-bond donors (Lipinski definition) is 1. The van der Waals surface area contributed by atoms with Gasteiger partial charge in [0.1, 0.15) is 0 Å². The molecule has 18 heavy (non-hydrogen) atoms. The van der Waals surface area contributed by atoms with E-state index in [1.807, 2.05) is 0 Å². The number of piperidine rings is 1. The van der Waals surface area contributed by atoms with Crippen LogP contribution in [0.1, 0.15) is 12.8 Å². The zero-order chi connectivity index (χ0) is 13.1. The fraction of sp³-hybridized carbons (Fsp3) is 0.538. The van der Waals surface area contributed by atoms with E-state index >= 15 is 0 Å². The molecule has 4 nitrogen and oxygen atoms in total. The van der Waals surface area contributed by atoms with Gasteiger partial charge in [0.15, 0.2) is 11.6 Å². The molecule has 2 rings (SSSR count). The van der Waals surface area contributed by atoms with Crippen molar-refractivity contribution in [3.05, 3.63) is 17.9 Å². The molecule has 0 bridgehead atoms. The average molecular weight is 254 g/mol. The van der Waals surface area contributed by atoms with Crippen molar-refractivity contribution in [2.75, 3.05) is 37.9 Å². The molecule has 0 radical (unpaired) electrons. The molecule has 1 aliphatic heterocycles. The predicted octanol–water partition coefficient (Wildman–Crippen LogP) is 2.03. The van der Waals surface area contributed by atoms with Crippen molar-refractivity contribution >= 4 is 11.4 Å². The number of methoxy groups -OCH3 is 2. The minimum absolute atomic E-state index is 0.230. The molecular formula is C13H19FN2O2. The normalized spacial score (nSPS) is 16.9. The van der Waals surface area contributed by atoms with E-state index in [4.69, 9.17) is 15.2 Å². The monoisotopic (exact) mass is 254 g/mol. The number of benzene rings is 1. The van der Waals surface area contributed by atoms with Crippen molar-refractivity contribution < 1.29 is 13.9 Å². The van der Waals surface area contributed by atoms with Gasteiger partial charge in [-0.25, -0.2) is 4.39 Å². The van der Waals surface area contributed by atoms with Gasteiger partial charge in [-0.3, -0.25) is 0 Å². The minimum atomic E-state index is -0.425. The highest BCUT2D eigenvalue weighted by molar-refractivity contribution is 5.70. The van der Waals surface area contributed by atoms with Gasteiger partial charge in [-0.15, -0.1) is 0 Å². The van der Waals surface area contributed by atoms with Crippen molar-refractivity contribution in [1.29, 1.82) is 0 Å². The lowest BCUT2D eigenvalue weighted by Crippen LogP contribution is -2.37. The number of hydrogen-bond acceptors (Lipinski definition) is 4. The predicted molar refractivity (Wildman–Crippen MR) is 69.6 cm³/mol. The summed E-state index contributed by atoms with van der Waals surface area (Å²) in [6.45, 7) is 1.72. The summed E-state index contributed by atoms with van der Waals surface area (Å²) >= 11 is 0. The van der Waals surface area contributed by atoms with Gasteiger partial charge in [0.05, 0.1) is 24.6 Å². The van der Waals surface area contributed by atoms with Crippen molar-refractivity contribution in [1.82, 2.24) is 0 Å². The van der Waals surface area contributed by atoms with Crippen LogP contribution in [0.3, 0.4) is 0 Å². The molecule has 0 unspecified atom stereocenters. The van der Waals surface area contributed by atoms with Crippen molar-refractivity contribution in [3.8, 4) is 5.75 Å². The van der Waals surface area contributed by atoms with E-state index < -0.39 is 5.82 Å². The number of nitrogens with zero attached hydrogens (tertiary/aromatic N) is 1. The zero-order valence-corrected chi connectivity index (χ0v) is 10.8. The van der Waals surface area contributed by atoms with E-state index in [1.54, 1.807) is 13.2 Å². The lowest BCUT2D eigenvalue weighted by Gasteiger charge is -2.33. The first-order valence-electron chi connectivity index (χ1n) is 6.06. The van der Waals surface area contributed by atoms with Crippen LogP contribution in [-0.4, -0.2) is 33.4 Å². The van der Waals surface area contributed by atoms with Crippen LogP contribution in [0.25, 0.3) is 0 Å². The summed E-state index contributed by atoms with van der Waals surface area (Å²) in [7, 11) is 3.19. The van der Waals surface area contributed by atoms with Crippen molar-refractivity contribution in [2.24, 2.45) is 0 Å². The maximum atomic E-state index is 13.5. The third-order valence-electron chi connectivity index (χ3n) is 3.42. The number of nitrogen functional groups attached to an aromatic ring is 1. The van der Waals surface area contributed by atoms with E-state index in [9.17, 15) is 4.39 Å². The molecule has 0 spiro atoms. The first-order valence-corrected chi connectivity index (χ1v) is 6.06. The van der Waals surface area contributed by atoms with E-state index in [1.165, 1.54) is 13.2 Å². The molecule has 0 aliphatic carbocycles. The van der Waals surface area contributed by atoms with Crippen LogP contribution in [0.2, 0.25) is 0 Å². The summed E-state index contributed by atoms with van der Waals surface area (Å²) in [6.07, 6.45) is 2.22. The van der Waals surface area contributed by atoms with E-state index in [0.717, 1.165) is 31.6 Å². The van der Waals surface area contributed by atoms with Crippen LogP contribution in [0, 0.1) is 5.82 Å². The standard InChI is InChI=1S/C13H19FN2O2/c1-17-9-3-5-16(6-4-9)12-8-13(18-2)10(14)7-11(12)15/h7-9H,3-6,15H2,1-2H3. The summed E-state index contributed by atoms with van der Waals surface area (Å²) < 4.78 is 23.8. The van der Waals surface area contributed by atoms with Crippen molar-refractivity contribution in [2.45, 2.75) is 18.9 Å². The Morgan fingerprint density at radius 3 is 2.50 bits per heavy atom. The second-order valence-electron chi connectivity index (χ2n) is 4.47. The fourth-order valence-electron chi connectivity index (χ4n) is 2.32. The average Bonchev–Trinajstić information content (AvgIpc) is 2.39. The minimum Gasteiger partial charge on any atom is -0.494 e. The largest absolute Gasteiger partial charge is 0.494 e. The zero-order valence-electron chi connectivity index (χ0n) is 10.8. The van der Waals surface area contributed by atoms with E-state index in [0.29, 0.717) is 11.8 Å². The lowest BCUT2D eigenvalue weighted by molar-refractivity contribution is 0.0819. The SMILES string of the molecule is COc1cc(N2CCC(OC)CC2)c(N)cc1F. The van der Waals surface area contributed by atoms with Crippen molar-refractivity contribution in [3.63, 3.8) is 0 Å². The van der Waals surface area contributed by atoms with Gasteiger partial charge in [0, 0.05) is 32.3 Å². The van der Waals surface area contributed by atoms with Gasteiger partial charge >= 0.3 is 0 Å². The molecule has 100 valence electrons. The second-order valence-corrected chi connectivity index (χ2v) is 4.47. The van der Waals surface area contributed by atoms with Crippen LogP contribution in [0.4, 0.5) is 15.8 Å². The molecule has 0 amide bonds. The molecule has 1 fully saturated rings. The highest BCUT2D eigenvalue weighted by atomic mass is 19.1. The van der Waals surface area contributed by atoms with Crippen LogP contribution < -0.4 is 15.4 Å². The molecule has 0 saturated carbocycles. The van der Waals surface area contributed by atoms with Crippen LogP contribution >= 0.6 is 0 Å². The van der Waals surface area contributed by atoms with E-state index in [-0.39, 0.29) is 5.75 Å². The van der Waals surface area contributed by atoms with Gasteiger partial charge in [0.25, 0.3) is 0 Å². The number of halogens is 1. The second kappa shape index (κ2) is 5.44. The summed E-state index contributed by atoms with van der Waals surface area (Å²) in [6, 6.07) is 2.98. The highest BCUT2D eigenvalue weighted by Gasteiger charge is 2.21. The summed E-state index contributed by atoms with van der Waals surface area (Å²) in [5.41, 5.74) is 7.16. The molecule has 1 aliphatic rings. The Bertz CT molecular complexity index is 418.